The monoisotopic (exact) mass is 952 g/mol. The summed E-state index contributed by atoms with van der Waals surface area (Å²) in [6.45, 7) is 6.59. The van der Waals surface area contributed by atoms with Gasteiger partial charge in [0.1, 0.15) is 48.0 Å². The highest BCUT2D eigenvalue weighted by Gasteiger charge is 2.35. The molecule has 1 aromatic rings. The summed E-state index contributed by atoms with van der Waals surface area (Å²) in [6.07, 6.45) is 0.211. The molecule has 19 N–H and O–H groups in total. The number of phenols is 1. The molecule has 0 aliphatic rings. The maximum atomic E-state index is 13.8. The third kappa shape index (κ3) is 22.4. The summed E-state index contributed by atoms with van der Waals surface area (Å²) in [5, 5.41) is 56.3. The van der Waals surface area contributed by atoms with Crippen LogP contribution in [0.5, 0.6) is 5.75 Å². The van der Waals surface area contributed by atoms with E-state index in [1.807, 2.05) is 0 Å². The summed E-state index contributed by atoms with van der Waals surface area (Å²) >= 11 is 0. The SMILES string of the molecule is CC(C)[C@H](NC(=O)[C@H](C)NC(=O)[C@H](CCCCN)NC(=O)[C@H](CCCCN)NC(=O)[C@@H](NC(=O)[C@@H](N)CC(=O)O)[C@@H](C)O)C(=O)N[C@@H](CCCCN)C(=O)N[C@@H](Cc1ccc(O)cc1)C(=O)O. The lowest BCUT2D eigenvalue weighted by atomic mass is 10.0. The van der Waals surface area contributed by atoms with Crippen molar-refractivity contribution < 1.29 is 63.6 Å². The van der Waals surface area contributed by atoms with Crippen LogP contribution < -0.4 is 60.2 Å². The number of hydrogen-bond donors (Lipinski definition) is 15. The van der Waals surface area contributed by atoms with Crippen molar-refractivity contribution in [1.82, 2.24) is 37.2 Å². The zero-order valence-corrected chi connectivity index (χ0v) is 38.8. The average Bonchev–Trinajstić information content (AvgIpc) is 3.25. The molecule has 0 radical (unpaired) electrons. The maximum Gasteiger partial charge on any atom is 0.326 e. The van der Waals surface area contributed by atoms with Gasteiger partial charge in [0.2, 0.25) is 41.4 Å². The molecule has 0 aliphatic heterocycles. The summed E-state index contributed by atoms with van der Waals surface area (Å²) in [5.74, 6) is -9.33. The van der Waals surface area contributed by atoms with Gasteiger partial charge in [0.15, 0.2) is 0 Å². The standard InChI is InChI=1S/C43H73N11O13/c1-23(2)34(41(64)50-31(13-7-10-20-46)40(63)52-32(43(66)67)21-26-14-16-27(56)17-15-26)53-36(59)24(3)48-38(61)29(11-5-8-18-44)49-39(62)30(12-6-9-19-45)51-42(65)35(25(4)55)54-37(60)28(47)22-33(57)58/h14-17,23-25,28-32,34-35,55-56H,5-13,18-22,44-47H2,1-4H3,(H,48,61)(H,49,62)(H,50,64)(H,51,65)(H,52,63)(H,53,59)(H,54,60)(H,57,58)(H,66,67)/t24-,25+,28-,29-,30-,31-,32-,34-,35-/m0/s1. The molecule has 24 heteroatoms. The number of carbonyl (C=O) groups is 9. The number of nitrogens with two attached hydrogens (primary N) is 4. The fourth-order valence-electron chi connectivity index (χ4n) is 6.56. The van der Waals surface area contributed by atoms with Gasteiger partial charge in [0.05, 0.1) is 18.6 Å². The molecule has 67 heavy (non-hydrogen) atoms. The Balaban J connectivity index is 3.23. The molecule has 0 saturated heterocycles. The smallest absolute Gasteiger partial charge is 0.326 e. The highest BCUT2D eigenvalue weighted by atomic mass is 16.4. The molecule has 0 heterocycles. The first kappa shape index (κ1) is 59.1. The predicted molar refractivity (Wildman–Crippen MR) is 244 cm³/mol. The average molecular weight is 952 g/mol. The molecule has 7 amide bonds. The van der Waals surface area contributed by atoms with Gasteiger partial charge < -0.3 is 80.6 Å². The van der Waals surface area contributed by atoms with Gasteiger partial charge in [-0.05, 0) is 115 Å². The molecular formula is C43H73N11O13. The van der Waals surface area contributed by atoms with Gasteiger partial charge in [0, 0.05) is 6.42 Å². The van der Waals surface area contributed by atoms with Crippen molar-refractivity contribution in [1.29, 1.82) is 0 Å². The van der Waals surface area contributed by atoms with Gasteiger partial charge in [0.25, 0.3) is 0 Å². The number of carbonyl (C=O) groups excluding carboxylic acids is 7. The molecule has 24 nitrogen and oxygen atoms in total. The number of aromatic hydroxyl groups is 1. The predicted octanol–water partition coefficient (Wildman–Crippen LogP) is -3.34. The van der Waals surface area contributed by atoms with Crippen LogP contribution in [0.15, 0.2) is 24.3 Å². The van der Waals surface area contributed by atoms with Crippen LogP contribution in [0.2, 0.25) is 0 Å². The molecule has 9 atom stereocenters. The van der Waals surface area contributed by atoms with Crippen LogP contribution in [-0.2, 0) is 49.6 Å². The van der Waals surface area contributed by atoms with E-state index in [9.17, 15) is 58.5 Å². The maximum absolute atomic E-state index is 13.8. The van der Waals surface area contributed by atoms with Crippen LogP contribution in [-0.4, -0.2) is 148 Å². The number of aliphatic hydroxyl groups is 1. The zero-order valence-electron chi connectivity index (χ0n) is 38.8. The quantitative estimate of drug-likeness (QED) is 0.0306. The van der Waals surface area contributed by atoms with E-state index in [1.165, 1.54) is 38.1 Å². The second-order valence-electron chi connectivity index (χ2n) is 16.7. The Morgan fingerprint density at radius 1 is 0.522 bits per heavy atom. The summed E-state index contributed by atoms with van der Waals surface area (Å²) in [6, 6.07) is -5.18. The first-order chi connectivity index (χ1) is 31.6. The molecular weight excluding hydrogens is 879 g/mol. The van der Waals surface area contributed by atoms with Gasteiger partial charge in [-0.1, -0.05) is 26.0 Å². The topological polar surface area (TPSA) is 423 Å². The van der Waals surface area contributed by atoms with E-state index in [-0.39, 0.29) is 44.5 Å². The molecule has 0 bridgehead atoms. The van der Waals surface area contributed by atoms with Gasteiger partial charge in [-0.25, -0.2) is 4.79 Å². The number of hydrogen-bond acceptors (Lipinski definition) is 15. The van der Waals surface area contributed by atoms with Crippen molar-refractivity contribution in [3.05, 3.63) is 29.8 Å². The number of phenolic OH excluding ortho intramolecular Hbond substituents is 1. The number of unbranched alkanes of at least 4 members (excludes halogenated alkanes) is 3. The molecule has 0 aliphatic carbocycles. The molecule has 0 fully saturated rings. The van der Waals surface area contributed by atoms with Crippen LogP contribution in [0.4, 0.5) is 0 Å². The van der Waals surface area contributed by atoms with Crippen LogP contribution in [0.1, 0.15) is 97.5 Å². The van der Waals surface area contributed by atoms with Crippen LogP contribution in [0.3, 0.4) is 0 Å². The minimum absolute atomic E-state index is 0.0118. The third-order valence-electron chi connectivity index (χ3n) is 10.5. The highest BCUT2D eigenvalue weighted by molar-refractivity contribution is 5.97. The Kier molecular flexibility index (Phi) is 27.4. The lowest BCUT2D eigenvalue weighted by Gasteiger charge is -2.28. The summed E-state index contributed by atoms with van der Waals surface area (Å²) < 4.78 is 0. The molecule has 0 spiro atoms. The lowest BCUT2D eigenvalue weighted by Crippen LogP contribution is -2.61. The summed E-state index contributed by atoms with van der Waals surface area (Å²) in [4.78, 5) is 117. The lowest BCUT2D eigenvalue weighted by molar-refractivity contribution is -0.142. The number of nitrogens with one attached hydrogen (secondary N) is 7. The van der Waals surface area contributed by atoms with Crippen molar-refractivity contribution in [2.45, 2.75) is 153 Å². The zero-order chi connectivity index (χ0) is 50.8. The van der Waals surface area contributed by atoms with Crippen molar-refractivity contribution in [3.8, 4) is 5.75 Å². The number of benzene rings is 1. The van der Waals surface area contributed by atoms with Gasteiger partial charge in [-0.15, -0.1) is 0 Å². The summed E-state index contributed by atoms with van der Waals surface area (Å²) in [7, 11) is 0. The number of aliphatic hydroxyl groups excluding tert-OH is 1. The molecule has 0 unspecified atom stereocenters. The minimum atomic E-state index is -1.65. The normalized spacial score (nSPS) is 15.2. The highest BCUT2D eigenvalue weighted by Crippen LogP contribution is 2.13. The van der Waals surface area contributed by atoms with Crippen molar-refractivity contribution in [2.24, 2.45) is 28.9 Å². The van der Waals surface area contributed by atoms with E-state index in [0.717, 1.165) is 0 Å². The molecule has 0 aromatic heterocycles. The number of rotatable bonds is 33. The Morgan fingerprint density at radius 3 is 1.33 bits per heavy atom. The van der Waals surface area contributed by atoms with E-state index in [4.69, 9.17) is 28.0 Å². The largest absolute Gasteiger partial charge is 0.508 e. The van der Waals surface area contributed by atoms with Crippen molar-refractivity contribution >= 4 is 53.3 Å². The van der Waals surface area contributed by atoms with Gasteiger partial charge >= 0.3 is 11.9 Å². The molecule has 0 saturated carbocycles. The van der Waals surface area contributed by atoms with E-state index >= 15 is 0 Å². The Hall–Kier alpha value is -5.95. The Bertz CT molecular complexity index is 1780. The Morgan fingerprint density at radius 2 is 0.925 bits per heavy atom. The molecule has 1 aromatic carbocycles. The number of carboxylic acids is 2. The Labute approximate surface area is 390 Å². The third-order valence-corrected chi connectivity index (χ3v) is 10.5. The number of aliphatic carboxylic acids is 2. The number of carboxylic acid groups (broad SMARTS) is 2. The van der Waals surface area contributed by atoms with Crippen LogP contribution in [0, 0.1) is 5.92 Å². The van der Waals surface area contributed by atoms with Crippen molar-refractivity contribution in [3.63, 3.8) is 0 Å². The van der Waals surface area contributed by atoms with E-state index in [2.05, 4.69) is 37.2 Å². The van der Waals surface area contributed by atoms with Gasteiger partial charge in [-0.3, -0.25) is 38.4 Å². The summed E-state index contributed by atoms with van der Waals surface area (Å²) in [5.41, 5.74) is 23.1. The van der Waals surface area contributed by atoms with Crippen molar-refractivity contribution in [2.75, 3.05) is 19.6 Å². The van der Waals surface area contributed by atoms with Crippen LogP contribution >= 0.6 is 0 Å². The minimum Gasteiger partial charge on any atom is -0.508 e. The van der Waals surface area contributed by atoms with Gasteiger partial charge in [-0.2, -0.15) is 0 Å². The second-order valence-corrected chi connectivity index (χ2v) is 16.7. The molecule has 378 valence electrons. The van der Waals surface area contributed by atoms with E-state index in [0.29, 0.717) is 50.6 Å². The fraction of sp³-hybridized carbons (Fsp3) is 0.651. The van der Waals surface area contributed by atoms with E-state index < -0.39 is 120 Å². The fourth-order valence-corrected chi connectivity index (χ4v) is 6.56. The van der Waals surface area contributed by atoms with Crippen LogP contribution in [0.25, 0.3) is 0 Å². The molecule has 1 rings (SSSR count). The second kappa shape index (κ2) is 31.1. The first-order valence-corrected chi connectivity index (χ1v) is 22.5. The first-order valence-electron chi connectivity index (χ1n) is 22.5. The van der Waals surface area contributed by atoms with E-state index in [1.54, 1.807) is 13.8 Å². The number of amides is 7.